The van der Waals surface area contributed by atoms with Crippen LogP contribution in [-0.2, 0) is 23.1 Å². The maximum absolute atomic E-state index is 12.8. The molecular weight excluding hydrogens is 380 g/mol. The Hall–Kier alpha value is -2.39. The van der Waals surface area contributed by atoms with E-state index in [1.54, 1.807) is 21.5 Å². The van der Waals surface area contributed by atoms with Gasteiger partial charge in [0.15, 0.2) is 0 Å². The second-order valence-electron chi connectivity index (χ2n) is 7.54. The molecule has 0 saturated heterocycles. The molecule has 9 heteroatoms. The molecule has 1 aliphatic heterocycles. The van der Waals surface area contributed by atoms with Gasteiger partial charge in [0.05, 0.1) is 18.8 Å². The predicted molar refractivity (Wildman–Crippen MR) is 103 cm³/mol. The number of aromatic nitrogens is 2. The lowest BCUT2D eigenvalue weighted by Crippen LogP contribution is -2.40. The van der Waals surface area contributed by atoms with Gasteiger partial charge in [-0.25, -0.2) is 8.42 Å². The molecule has 8 nitrogen and oxygen atoms in total. The van der Waals surface area contributed by atoms with E-state index in [1.807, 2.05) is 25.1 Å². The third-order valence-electron chi connectivity index (χ3n) is 5.19. The highest BCUT2D eigenvalue weighted by molar-refractivity contribution is 7.88. The van der Waals surface area contributed by atoms with Crippen LogP contribution in [0.15, 0.2) is 30.5 Å². The summed E-state index contributed by atoms with van der Waals surface area (Å²) in [6, 6.07) is 7.36. The molecule has 2 aliphatic rings. The Morgan fingerprint density at radius 1 is 1.36 bits per heavy atom. The number of rotatable bonds is 5. The molecular formula is C19H24N4O4S. The predicted octanol–water partition coefficient (Wildman–Crippen LogP) is 1.76. The van der Waals surface area contributed by atoms with Crippen LogP contribution >= 0.6 is 0 Å². The summed E-state index contributed by atoms with van der Waals surface area (Å²) in [7, 11) is -3.26. The Labute approximate surface area is 164 Å². The van der Waals surface area contributed by atoms with Crippen LogP contribution in [0.4, 0.5) is 0 Å². The fraction of sp³-hybridized carbons (Fsp3) is 0.474. The molecule has 1 fully saturated rings. The van der Waals surface area contributed by atoms with Crippen molar-refractivity contribution in [1.29, 1.82) is 0 Å². The van der Waals surface area contributed by atoms with E-state index >= 15 is 0 Å². The van der Waals surface area contributed by atoms with Gasteiger partial charge in [0.25, 0.3) is 5.91 Å². The Morgan fingerprint density at radius 3 is 2.79 bits per heavy atom. The second-order valence-corrected chi connectivity index (χ2v) is 9.48. The fourth-order valence-electron chi connectivity index (χ4n) is 3.50. The number of sulfonamides is 1. The zero-order valence-corrected chi connectivity index (χ0v) is 16.8. The van der Waals surface area contributed by atoms with E-state index in [9.17, 15) is 13.2 Å². The standard InChI is InChI=1S/C19H24N4O4S/c1-13-12-27-18-6-3-14(10-23(16-4-5-16)28(2,25)26)9-15(18)11-22(13)19(24)17-7-8-20-21-17/h3,6-9,13,16H,4-5,10-12H2,1-2H3,(H,20,21)/t13-/m0/s1. The van der Waals surface area contributed by atoms with E-state index < -0.39 is 10.0 Å². The molecule has 0 bridgehead atoms. The number of fused-ring (bicyclic) bond motifs is 1. The maximum Gasteiger partial charge on any atom is 0.272 e. The molecule has 28 heavy (non-hydrogen) atoms. The normalized spacial score (nSPS) is 19.8. The van der Waals surface area contributed by atoms with E-state index in [0.717, 1.165) is 29.7 Å². The summed E-state index contributed by atoms with van der Waals surface area (Å²) in [5.74, 6) is 0.593. The average molecular weight is 404 g/mol. The molecule has 4 rings (SSSR count). The largest absolute Gasteiger partial charge is 0.491 e. The fourth-order valence-corrected chi connectivity index (χ4v) is 4.63. The SMILES string of the molecule is C[C@H]1COc2ccc(CN(C3CC3)S(C)(=O)=O)cc2CN1C(=O)c1ccn[nH]1. The molecule has 1 aromatic carbocycles. The van der Waals surface area contributed by atoms with Gasteiger partial charge >= 0.3 is 0 Å². The third kappa shape index (κ3) is 3.90. The lowest BCUT2D eigenvalue weighted by atomic mass is 10.1. The summed E-state index contributed by atoms with van der Waals surface area (Å²) in [5.41, 5.74) is 2.20. The number of benzene rings is 1. The van der Waals surface area contributed by atoms with Crippen LogP contribution in [-0.4, -0.2) is 58.7 Å². The highest BCUT2D eigenvalue weighted by Gasteiger charge is 2.35. The summed E-state index contributed by atoms with van der Waals surface area (Å²) in [5, 5.41) is 6.57. The van der Waals surface area contributed by atoms with Crippen molar-refractivity contribution >= 4 is 15.9 Å². The number of amides is 1. The Balaban J connectivity index is 1.59. The second kappa shape index (κ2) is 7.21. The highest BCUT2D eigenvalue weighted by atomic mass is 32.2. The molecule has 0 spiro atoms. The van der Waals surface area contributed by atoms with Crippen molar-refractivity contribution in [3.63, 3.8) is 0 Å². The van der Waals surface area contributed by atoms with Crippen LogP contribution in [0, 0.1) is 0 Å². The van der Waals surface area contributed by atoms with Crippen molar-refractivity contribution in [2.24, 2.45) is 0 Å². The molecule has 2 heterocycles. The number of hydrogen-bond acceptors (Lipinski definition) is 5. The maximum atomic E-state index is 12.8. The van der Waals surface area contributed by atoms with E-state index in [1.165, 1.54) is 6.26 Å². The van der Waals surface area contributed by atoms with Crippen molar-refractivity contribution < 1.29 is 17.9 Å². The average Bonchev–Trinajstić information content (AvgIpc) is 3.36. The van der Waals surface area contributed by atoms with Crippen molar-refractivity contribution in [3.8, 4) is 5.75 Å². The lowest BCUT2D eigenvalue weighted by molar-refractivity contribution is 0.0639. The number of nitrogens with zero attached hydrogens (tertiary/aromatic N) is 3. The van der Waals surface area contributed by atoms with Crippen LogP contribution in [0.1, 0.15) is 41.4 Å². The first kappa shape index (κ1) is 18.9. The van der Waals surface area contributed by atoms with Gasteiger partial charge in [0.1, 0.15) is 18.1 Å². The molecule has 150 valence electrons. The van der Waals surface area contributed by atoms with Gasteiger partial charge < -0.3 is 9.64 Å². The molecule has 0 unspecified atom stereocenters. The minimum Gasteiger partial charge on any atom is -0.491 e. The zero-order chi connectivity index (χ0) is 19.9. The first-order valence-electron chi connectivity index (χ1n) is 9.34. The van der Waals surface area contributed by atoms with Gasteiger partial charge in [-0.1, -0.05) is 6.07 Å². The summed E-state index contributed by atoms with van der Waals surface area (Å²) in [6.07, 6.45) is 4.62. The molecule has 1 atom stereocenters. The number of nitrogens with one attached hydrogen (secondary N) is 1. The zero-order valence-electron chi connectivity index (χ0n) is 16.0. The topological polar surface area (TPSA) is 95.6 Å². The van der Waals surface area contributed by atoms with Crippen LogP contribution in [0.5, 0.6) is 5.75 Å². The first-order chi connectivity index (χ1) is 13.3. The molecule has 1 saturated carbocycles. The van der Waals surface area contributed by atoms with E-state index in [0.29, 0.717) is 25.4 Å². The van der Waals surface area contributed by atoms with E-state index in [2.05, 4.69) is 10.2 Å². The summed E-state index contributed by atoms with van der Waals surface area (Å²) < 4.78 is 31.7. The third-order valence-corrected chi connectivity index (χ3v) is 6.47. The van der Waals surface area contributed by atoms with Gasteiger partial charge in [0.2, 0.25) is 10.0 Å². The quantitative estimate of drug-likeness (QED) is 0.819. The monoisotopic (exact) mass is 404 g/mol. The van der Waals surface area contributed by atoms with Gasteiger partial charge in [0, 0.05) is 24.3 Å². The van der Waals surface area contributed by atoms with Crippen LogP contribution in [0.3, 0.4) is 0 Å². The van der Waals surface area contributed by atoms with Gasteiger partial charge in [-0.05, 0) is 43.5 Å². The number of hydrogen-bond donors (Lipinski definition) is 1. The molecule has 1 N–H and O–H groups in total. The van der Waals surface area contributed by atoms with Gasteiger partial charge in [-0.15, -0.1) is 0 Å². The first-order valence-corrected chi connectivity index (χ1v) is 11.2. The van der Waals surface area contributed by atoms with Crippen LogP contribution < -0.4 is 4.74 Å². The van der Waals surface area contributed by atoms with E-state index in [4.69, 9.17) is 4.74 Å². The van der Waals surface area contributed by atoms with Crippen molar-refractivity contribution in [1.82, 2.24) is 19.4 Å². The minimum atomic E-state index is -3.26. The summed E-state index contributed by atoms with van der Waals surface area (Å²) in [4.78, 5) is 14.6. The van der Waals surface area contributed by atoms with Crippen molar-refractivity contribution in [2.45, 2.75) is 44.9 Å². The number of aromatic amines is 1. The Bertz CT molecular complexity index is 970. The Morgan fingerprint density at radius 2 is 2.14 bits per heavy atom. The molecule has 1 aliphatic carbocycles. The molecule has 1 aromatic heterocycles. The highest BCUT2D eigenvalue weighted by Crippen LogP contribution is 2.32. The van der Waals surface area contributed by atoms with Gasteiger partial charge in [-0.3, -0.25) is 9.89 Å². The number of carbonyl (C=O) groups excluding carboxylic acids is 1. The van der Waals surface area contributed by atoms with Gasteiger partial charge in [-0.2, -0.15) is 9.40 Å². The Kier molecular flexibility index (Phi) is 4.88. The van der Waals surface area contributed by atoms with Crippen LogP contribution in [0.25, 0.3) is 0 Å². The lowest BCUT2D eigenvalue weighted by Gasteiger charge is -2.25. The molecule has 0 radical (unpaired) electrons. The summed E-state index contributed by atoms with van der Waals surface area (Å²) >= 11 is 0. The van der Waals surface area contributed by atoms with Crippen LogP contribution in [0.2, 0.25) is 0 Å². The van der Waals surface area contributed by atoms with Crippen molar-refractivity contribution in [3.05, 3.63) is 47.3 Å². The van der Waals surface area contributed by atoms with Crippen molar-refractivity contribution in [2.75, 3.05) is 12.9 Å². The smallest absolute Gasteiger partial charge is 0.272 e. The summed E-state index contributed by atoms with van der Waals surface area (Å²) in [6.45, 7) is 3.06. The molecule has 2 aromatic rings. The van der Waals surface area contributed by atoms with E-state index in [-0.39, 0.29) is 18.0 Å². The number of H-pyrrole nitrogens is 1. The number of carbonyl (C=O) groups is 1. The number of ether oxygens (including phenoxy) is 1. The minimum absolute atomic E-state index is 0.100. The molecule has 1 amide bonds.